The average Bonchev–Trinajstić information content (AvgIpc) is 2.43. The topological polar surface area (TPSA) is 46.3 Å². The summed E-state index contributed by atoms with van der Waals surface area (Å²) in [6.45, 7) is 2.52. The lowest BCUT2D eigenvalue weighted by Gasteiger charge is -2.40. The monoisotopic (exact) mass is 300 g/mol. The van der Waals surface area contributed by atoms with Crippen molar-refractivity contribution in [3.05, 3.63) is 35.4 Å². The minimum Gasteiger partial charge on any atom is -0.334 e. The summed E-state index contributed by atoms with van der Waals surface area (Å²) >= 11 is 0. The average molecular weight is 300 g/mol. The van der Waals surface area contributed by atoms with Crippen LogP contribution in [0.4, 0.5) is 13.2 Å². The maximum atomic E-state index is 12.6. The van der Waals surface area contributed by atoms with Crippen LogP contribution in [0.15, 0.2) is 24.3 Å². The van der Waals surface area contributed by atoms with Gasteiger partial charge in [0.05, 0.1) is 11.6 Å². The predicted octanol–water partition coefficient (Wildman–Crippen LogP) is 3.11. The molecule has 6 heteroatoms. The number of carbonyl (C=O) groups excluding carboxylic acids is 1. The molecule has 0 spiro atoms. The predicted molar refractivity (Wildman–Crippen MR) is 73.4 cm³/mol. The first-order valence-electron chi connectivity index (χ1n) is 7.06. The molecule has 0 radical (unpaired) electrons. The van der Waals surface area contributed by atoms with Crippen LogP contribution in [-0.4, -0.2) is 23.4 Å². The molecule has 0 saturated carbocycles. The van der Waals surface area contributed by atoms with Crippen molar-refractivity contribution in [1.82, 2.24) is 4.90 Å². The second-order valence-electron chi connectivity index (χ2n) is 5.35. The van der Waals surface area contributed by atoms with Crippen LogP contribution in [-0.2, 0) is 11.0 Å². The van der Waals surface area contributed by atoms with E-state index in [1.54, 1.807) is 4.90 Å². The Morgan fingerprint density at radius 2 is 1.90 bits per heavy atom. The van der Waals surface area contributed by atoms with Crippen LogP contribution in [0, 0.1) is 0 Å². The maximum absolute atomic E-state index is 12.6. The summed E-state index contributed by atoms with van der Waals surface area (Å²) in [6.07, 6.45) is -2.61. The van der Waals surface area contributed by atoms with Crippen LogP contribution in [0.5, 0.6) is 0 Å². The van der Waals surface area contributed by atoms with Crippen molar-refractivity contribution < 1.29 is 18.0 Å². The summed E-state index contributed by atoms with van der Waals surface area (Å²) in [6, 6.07) is 4.36. The van der Waals surface area contributed by atoms with Crippen molar-refractivity contribution in [2.75, 3.05) is 6.54 Å². The summed E-state index contributed by atoms with van der Waals surface area (Å²) in [4.78, 5) is 13.7. The normalized spacial score (nSPS) is 23.5. The van der Waals surface area contributed by atoms with E-state index >= 15 is 0 Å². The molecule has 2 atom stereocenters. The van der Waals surface area contributed by atoms with E-state index in [1.165, 1.54) is 12.1 Å². The fraction of sp³-hybridized carbons (Fsp3) is 0.533. The Morgan fingerprint density at radius 3 is 2.43 bits per heavy atom. The van der Waals surface area contributed by atoms with Gasteiger partial charge in [-0.3, -0.25) is 4.79 Å². The van der Waals surface area contributed by atoms with Crippen molar-refractivity contribution in [2.24, 2.45) is 5.73 Å². The molecule has 1 fully saturated rings. The molecule has 2 rings (SSSR count). The van der Waals surface area contributed by atoms with E-state index in [9.17, 15) is 18.0 Å². The van der Waals surface area contributed by atoms with Crippen LogP contribution in [0.2, 0.25) is 0 Å². The van der Waals surface area contributed by atoms with Gasteiger partial charge in [0.2, 0.25) is 5.91 Å². The molecule has 1 heterocycles. The van der Waals surface area contributed by atoms with Crippen molar-refractivity contribution in [3.8, 4) is 0 Å². The summed E-state index contributed by atoms with van der Waals surface area (Å²) in [7, 11) is 0. The lowest BCUT2D eigenvalue weighted by molar-refractivity contribution is -0.138. The summed E-state index contributed by atoms with van der Waals surface area (Å²) in [5.74, 6) is 0.0171. The van der Waals surface area contributed by atoms with E-state index in [0.29, 0.717) is 24.9 Å². The lowest BCUT2D eigenvalue weighted by atomic mass is 9.90. The van der Waals surface area contributed by atoms with Gasteiger partial charge in [0.15, 0.2) is 0 Å². The smallest absolute Gasteiger partial charge is 0.334 e. The van der Waals surface area contributed by atoms with Crippen LogP contribution in [0.1, 0.15) is 43.4 Å². The van der Waals surface area contributed by atoms with Crippen LogP contribution < -0.4 is 5.73 Å². The molecule has 1 aromatic carbocycles. The summed E-state index contributed by atoms with van der Waals surface area (Å²) in [5.41, 5.74) is 6.07. The summed E-state index contributed by atoms with van der Waals surface area (Å²) < 4.78 is 37.8. The number of halogens is 3. The third kappa shape index (κ3) is 3.37. The fourth-order valence-electron chi connectivity index (χ4n) is 2.78. The van der Waals surface area contributed by atoms with Crippen molar-refractivity contribution >= 4 is 5.91 Å². The van der Waals surface area contributed by atoms with E-state index in [4.69, 9.17) is 5.73 Å². The molecular formula is C15H19F3N2O. The molecule has 1 saturated heterocycles. The number of piperidine rings is 1. The number of rotatable bonds is 3. The molecule has 116 valence electrons. The second kappa shape index (κ2) is 6.05. The summed E-state index contributed by atoms with van der Waals surface area (Å²) in [5, 5.41) is 0. The number of hydrogen-bond donors (Lipinski definition) is 1. The molecule has 1 aromatic rings. The van der Waals surface area contributed by atoms with Gasteiger partial charge in [-0.2, -0.15) is 13.2 Å². The van der Waals surface area contributed by atoms with E-state index < -0.39 is 11.7 Å². The second-order valence-corrected chi connectivity index (χ2v) is 5.35. The number of nitrogens with two attached hydrogens (primary N) is 1. The van der Waals surface area contributed by atoms with E-state index in [1.807, 2.05) is 6.92 Å². The third-order valence-electron chi connectivity index (χ3n) is 3.80. The highest BCUT2D eigenvalue weighted by Gasteiger charge is 2.35. The Balaban J connectivity index is 2.30. The Bertz CT molecular complexity index is 499. The first kappa shape index (κ1) is 15.8. The first-order valence-corrected chi connectivity index (χ1v) is 7.06. The molecule has 2 N–H and O–H groups in total. The van der Waals surface area contributed by atoms with Gasteiger partial charge in [0.1, 0.15) is 0 Å². The number of hydrogen-bond acceptors (Lipinski definition) is 2. The van der Waals surface area contributed by atoms with Crippen molar-refractivity contribution in [3.63, 3.8) is 0 Å². The van der Waals surface area contributed by atoms with E-state index in [2.05, 4.69) is 0 Å². The molecule has 0 aliphatic carbocycles. The minimum absolute atomic E-state index is 0.0171. The first-order chi connectivity index (χ1) is 9.84. The van der Waals surface area contributed by atoms with Gasteiger partial charge in [0.25, 0.3) is 0 Å². The van der Waals surface area contributed by atoms with Gasteiger partial charge in [-0.05, 0) is 30.5 Å². The number of amides is 1. The molecule has 1 aliphatic heterocycles. The van der Waals surface area contributed by atoms with Crippen LogP contribution in [0.3, 0.4) is 0 Å². The number of alkyl halides is 3. The Labute approximate surface area is 121 Å². The van der Waals surface area contributed by atoms with E-state index in [0.717, 1.165) is 18.6 Å². The van der Waals surface area contributed by atoms with Crippen LogP contribution >= 0.6 is 0 Å². The quantitative estimate of drug-likeness (QED) is 0.932. The molecule has 0 bridgehead atoms. The van der Waals surface area contributed by atoms with Gasteiger partial charge in [-0.15, -0.1) is 0 Å². The highest BCUT2D eigenvalue weighted by atomic mass is 19.4. The molecule has 2 unspecified atom stereocenters. The van der Waals surface area contributed by atoms with Crippen molar-refractivity contribution in [2.45, 2.75) is 44.4 Å². The molecule has 3 nitrogen and oxygen atoms in total. The van der Waals surface area contributed by atoms with Crippen LogP contribution in [0.25, 0.3) is 0 Å². The Morgan fingerprint density at radius 1 is 1.29 bits per heavy atom. The third-order valence-corrected chi connectivity index (χ3v) is 3.80. The molecule has 0 aromatic heterocycles. The molecular weight excluding hydrogens is 281 g/mol. The highest BCUT2D eigenvalue weighted by Crippen LogP contribution is 2.34. The highest BCUT2D eigenvalue weighted by molar-refractivity contribution is 5.78. The molecule has 21 heavy (non-hydrogen) atoms. The molecule has 1 amide bonds. The zero-order valence-corrected chi connectivity index (χ0v) is 11.9. The lowest BCUT2D eigenvalue weighted by Crippen LogP contribution is -2.49. The van der Waals surface area contributed by atoms with Gasteiger partial charge >= 0.3 is 6.18 Å². The standard InChI is InChI=1S/C15H19F3N2O/c1-2-9-20-13(21)8-7-12(19)14(20)10-3-5-11(6-4-10)15(16,17)18/h3-6,12,14H,2,7-9,19H2,1H3. The Hall–Kier alpha value is -1.56. The zero-order chi connectivity index (χ0) is 15.6. The van der Waals surface area contributed by atoms with Gasteiger partial charge < -0.3 is 10.6 Å². The van der Waals surface area contributed by atoms with Gasteiger partial charge in [-0.1, -0.05) is 19.1 Å². The zero-order valence-electron chi connectivity index (χ0n) is 11.9. The van der Waals surface area contributed by atoms with Gasteiger partial charge in [-0.25, -0.2) is 0 Å². The number of carbonyl (C=O) groups is 1. The van der Waals surface area contributed by atoms with Crippen molar-refractivity contribution in [1.29, 1.82) is 0 Å². The Kier molecular flexibility index (Phi) is 4.56. The minimum atomic E-state index is -4.36. The maximum Gasteiger partial charge on any atom is 0.416 e. The SMILES string of the molecule is CCCN1C(=O)CCC(N)C1c1ccc(C(F)(F)F)cc1. The number of likely N-dealkylation sites (tertiary alicyclic amines) is 1. The fourth-order valence-corrected chi connectivity index (χ4v) is 2.78. The van der Waals surface area contributed by atoms with Gasteiger partial charge in [0, 0.05) is 19.0 Å². The number of benzene rings is 1. The van der Waals surface area contributed by atoms with E-state index in [-0.39, 0.29) is 18.0 Å². The molecule has 1 aliphatic rings. The number of nitrogens with zero attached hydrogens (tertiary/aromatic N) is 1. The largest absolute Gasteiger partial charge is 0.416 e.